The summed E-state index contributed by atoms with van der Waals surface area (Å²) in [5, 5.41) is 8.54. The summed E-state index contributed by atoms with van der Waals surface area (Å²) < 4.78 is 6.05. The van der Waals surface area contributed by atoms with Gasteiger partial charge in [-0.15, -0.1) is 0 Å². The van der Waals surface area contributed by atoms with Crippen molar-refractivity contribution in [1.82, 2.24) is 10.3 Å². The second-order valence-corrected chi connectivity index (χ2v) is 8.76. The van der Waals surface area contributed by atoms with E-state index in [1.807, 2.05) is 60.7 Å². The van der Waals surface area contributed by atoms with Crippen LogP contribution in [0.4, 0.5) is 5.69 Å². The lowest BCUT2D eigenvalue weighted by atomic mass is 10.1. The van der Waals surface area contributed by atoms with E-state index in [9.17, 15) is 4.79 Å². The van der Waals surface area contributed by atoms with Gasteiger partial charge in [0.05, 0.1) is 11.4 Å². The molecule has 0 bridgehead atoms. The second-order valence-electron chi connectivity index (χ2n) is 8.40. The molecule has 6 nitrogen and oxygen atoms in total. The van der Waals surface area contributed by atoms with Gasteiger partial charge in [-0.1, -0.05) is 66.7 Å². The van der Waals surface area contributed by atoms with E-state index < -0.39 is 6.10 Å². The van der Waals surface area contributed by atoms with Crippen molar-refractivity contribution in [2.24, 2.45) is 5.73 Å². The van der Waals surface area contributed by atoms with Gasteiger partial charge in [-0.25, -0.2) is 4.98 Å². The molecule has 35 heavy (non-hydrogen) atoms. The molecule has 4 rings (SSSR count). The lowest BCUT2D eigenvalue weighted by Gasteiger charge is -2.19. The third-order valence-electron chi connectivity index (χ3n) is 5.66. The Hall–Kier alpha value is -3.55. The number of fused-ring (bicyclic) bond motifs is 1. The molecule has 0 saturated carbocycles. The normalized spacial score (nSPS) is 12.7. The van der Waals surface area contributed by atoms with Gasteiger partial charge in [0.25, 0.3) is 5.91 Å². The van der Waals surface area contributed by atoms with Gasteiger partial charge in [0.15, 0.2) is 6.10 Å². The first-order chi connectivity index (χ1) is 17.0. The first kappa shape index (κ1) is 24.6. The minimum atomic E-state index is -0.743. The van der Waals surface area contributed by atoms with Crippen LogP contribution in [-0.2, 0) is 11.3 Å². The van der Waals surface area contributed by atoms with Gasteiger partial charge < -0.3 is 21.1 Å². The van der Waals surface area contributed by atoms with E-state index in [-0.39, 0.29) is 11.9 Å². The number of nitrogens with one attached hydrogen (secondary N) is 2. The molecular weight excluding hydrogens is 456 g/mol. The lowest BCUT2D eigenvalue weighted by molar-refractivity contribution is -0.127. The Labute approximate surface area is 211 Å². The van der Waals surface area contributed by atoms with Crippen molar-refractivity contribution in [3.8, 4) is 17.1 Å². The van der Waals surface area contributed by atoms with Gasteiger partial charge in [0.1, 0.15) is 0 Å². The molecule has 0 fully saturated rings. The number of benzene rings is 3. The smallest absolute Gasteiger partial charge is 0.261 e. The maximum atomic E-state index is 12.8. The molecule has 1 amide bonds. The molecular formula is C28H30N4O2S. The van der Waals surface area contributed by atoms with Gasteiger partial charge in [-0.3, -0.25) is 4.79 Å². The maximum Gasteiger partial charge on any atom is 0.261 e. The average Bonchev–Trinajstić information content (AvgIpc) is 2.91. The van der Waals surface area contributed by atoms with E-state index >= 15 is 0 Å². The second kappa shape index (κ2) is 11.7. The largest absolute Gasteiger partial charge is 0.463 e. The van der Waals surface area contributed by atoms with Crippen LogP contribution in [0.25, 0.3) is 22.0 Å². The van der Waals surface area contributed by atoms with Crippen LogP contribution in [0.5, 0.6) is 5.88 Å². The monoisotopic (exact) mass is 486 g/mol. The topological polar surface area (TPSA) is 89.3 Å². The Bertz CT molecular complexity index is 1280. The zero-order valence-corrected chi connectivity index (χ0v) is 20.5. The summed E-state index contributed by atoms with van der Waals surface area (Å²) in [5.41, 5.74) is 9.43. The number of hydrogen-bond donors (Lipinski definition) is 4. The van der Waals surface area contributed by atoms with Crippen LogP contribution in [0.15, 0.2) is 84.9 Å². The summed E-state index contributed by atoms with van der Waals surface area (Å²) in [6.45, 7) is 2.64. The van der Waals surface area contributed by atoms with E-state index in [4.69, 9.17) is 15.5 Å². The van der Waals surface area contributed by atoms with Crippen LogP contribution >= 0.6 is 12.6 Å². The number of thiol groups is 1. The van der Waals surface area contributed by atoms with E-state index in [1.54, 1.807) is 6.92 Å². The van der Waals surface area contributed by atoms with Crippen molar-refractivity contribution in [2.75, 3.05) is 17.6 Å². The number of nitrogens with two attached hydrogens (primary N) is 1. The zero-order chi connectivity index (χ0) is 24.6. The van der Waals surface area contributed by atoms with Gasteiger partial charge in [-0.2, -0.15) is 12.6 Å². The predicted molar refractivity (Wildman–Crippen MR) is 146 cm³/mol. The fraction of sp³-hybridized carbons (Fsp3) is 0.214. The highest BCUT2D eigenvalue weighted by molar-refractivity contribution is 7.80. The Morgan fingerprint density at radius 1 is 1.00 bits per heavy atom. The van der Waals surface area contributed by atoms with Crippen molar-refractivity contribution in [1.29, 1.82) is 0 Å². The number of rotatable bonds is 10. The van der Waals surface area contributed by atoms with E-state index in [0.717, 1.165) is 22.2 Å². The Morgan fingerprint density at radius 2 is 1.74 bits per heavy atom. The van der Waals surface area contributed by atoms with Crippen LogP contribution in [-0.4, -0.2) is 35.3 Å². The number of pyridine rings is 1. The zero-order valence-electron chi connectivity index (χ0n) is 19.6. The minimum Gasteiger partial charge on any atom is -0.463 e. The Balaban J connectivity index is 1.46. The van der Waals surface area contributed by atoms with E-state index in [2.05, 4.69) is 47.5 Å². The molecule has 7 heteroatoms. The highest BCUT2D eigenvalue weighted by Crippen LogP contribution is 2.28. The number of carbonyl (C=O) groups excluding carboxylic acids is 1. The molecule has 1 unspecified atom stereocenters. The van der Waals surface area contributed by atoms with Gasteiger partial charge >= 0.3 is 0 Å². The molecule has 0 aliphatic heterocycles. The Kier molecular flexibility index (Phi) is 8.23. The van der Waals surface area contributed by atoms with Gasteiger partial charge in [-0.05, 0) is 41.5 Å². The number of hydrogen-bond acceptors (Lipinski definition) is 6. The molecule has 4 aromatic rings. The number of carbonyl (C=O) groups is 1. The predicted octanol–water partition coefficient (Wildman–Crippen LogP) is 4.65. The number of ether oxygens (including phenoxy) is 1. The molecule has 0 saturated heterocycles. The van der Waals surface area contributed by atoms with Crippen LogP contribution < -0.4 is 21.1 Å². The molecule has 0 radical (unpaired) electrons. The summed E-state index contributed by atoms with van der Waals surface area (Å²) in [5.74, 6) is 0.681. The third kappa shape index (κ3) is 6.53. The number of anilines is 1. The molecule has 0 aliphatic rings. The highest BCUT2D eigenvalue weighted by Gasteiger charge is 2.18. The van der Waals surface area contributed by atoms with E-state index in [0.29, 0.717) is 30.4 Å². The molecule has 0 spiro atoms. The summed E-state index contributed by atoms with van der Waals surface area (Å²) in [7, 11) is 0. The van der Waals surface area contributed by atoms with Gasteiger partial charge in [0.2, 0.25) is 5.88 Å². The van der Waals surface area contributed by atoms with Crippen molar-refractivity contribution in [2.45, 2.75) is 25.6 Å². The van der Waals surface area contributed by atoms with Crippen LogP contribution in [0.1, 0.15) is 12.5 Å². The maximum absolute atomic E-state index is 12.8. The molecule has 0 aliphatic carbocycles. The fourth-order valence-corrected chi connectivity index (χ4v) is 3.77. The SMILES string of the molecule is C[C@@H](Oc1nc(-c2ccccc2)ccc1NCC(N)CS)C(=O)NCc1ccc2ccccc2c1. The summed E-state index contributed by atoms with van der Waals surface area (Å²) >= 11 is 4.24. The quantitative estimate of drug-likeness (QED) is 0.245. The number of nitrogens with zero attached hydrogens (tertiary/aromatic N) is 1. The average molecular weight is 487 g/mol. The van der Waals surface area contributed by atoms with Crippen molar-refractivity contribution >= 4 is 35.0 Å². The third-order valence-corrected chi connectivity index (χ3v) is 6.13. The van der Waals surface area contributed by atoms with Crippen LogP contribution in [0, 0.1) is 0 Å². The molecule has 1 heterocycles. The highest BCUT2D eigenvalue weighted by atomic mass is 32.1. The first-order valence-corrected chi connectivity index (χ1v) is 12.3. The first-order valence-electron chi connectivity index (χ1n) is 11.6. The molecule has 1 aromatic heterocycles. The standard InChI is InChI=1S/C28H30N4O2S/c1-19(27(33)31-16-20-11-12-21-7-5-6-10-23(21)15-20)34-28-26(30-17-24(29)18-35)14-13-25(32-28)22-8-3-2-4-9-22/h2-15,19,24,30,35H,16-18,29H2,1H3,(H,31,33)/t19-,24?/m1/s1. The Morgan fingerprint density at radius 3 is 2.51 bits per heavy atom. The van der Waals surface area contributed by atoms with Gasteiger partial charge in [0, 0.05) is 30.4 Å². The van der Waals surface area contributed by atoms with Crippen LogP contribution in [0.3, 0.4) is 0 Å². The number of amides is 1. The van der Waals surface area contributed by atoms with Crippen LogP contribution in [0.2, 0.25) is 0 Å². The van der Waals surface area contributed by atoms with E-state index in [1.165, 1.54) is 5.39 Å². The summed E-state index contributed by atoms with van der Waals surface area (Å²) in [6.07, 6.45) is -0.743. The lowest BCUT2D eigenvalue weighted by Crippen LogP contribution is -2.36. The van der Waals surface area contributed by atoms with Crippen molar-refractivity contribution in [3.63, 3.8) is 0 Å². The summed E-state index contributed by atoms with van der Waals surface area (Å²) in [6, 6.07) is 27.8. The van der Waals surface area contributed by atoms with Crippen molar-refractivity contribution in [3.05, 3.63) is 90.5 Å². The summed E-state index contributed by atoms with van der Waals surface area (Å²) in [4.78, 5) is 17.5. The molecule has 4 N–H and O–H groups in total. The van der Waals surface area contributed by atoms with Crippen molar-refractivity contribution < 1.29 is 9.53 Å². The number of aromatic nitrogens is 1. The minimum absolute atomic E-state index is 0.123. The molecule has 3 aromatic carbocycles. The molecule has 180 valence electrons. The molecule has 2 atom stereocenters. The fourth-order valence-electron chi connectivity index (χ4n) is 3.64.